The van der Waals surface area contributed by atoms with Gasteiger partial charge in [-0.15, -0.1) is 0 Å². The van der Waals surface area contributed by atoms with E-state index in [0.29, 0.717) is 11.1 Å². The zero-order valence-corrected chi connectivity index (χ0v) is 18.0. The number of amides is 1. The van der Waals surface area contributed by atoms with Crippen LogP contribution in [0, 0.1) is 5.82 Å². The fourth-order valence-corrected chi connectivity index (χ4v) is 4.22. The number of rotatable bonds is 9. The van der Waals surface area contributed by atoms with E-state index in [1.807, 2.05) is 0 Å². The van der Waals surface area contributed by atoms with Crippen LogP contribution < -0.4 is 14.8 Å². The van der Waals surface area contributed by atoms with Gasteiger partial charge in [0.25, 0.3) is 5.91 Å². The number of sulfonamides is 1. The quantitative estimate of drug-likeness (QED) is 0.530. The van der Waals surface area contributed by atoms with Crippen molar-refractivity contribution < 1.29 is 27.1 Å². The summed E-state index contributed by atoms with van der Waals surface area (Å²) in [6.07, 6.45) is 1.61. The van der Waals surface area contributed by atoms with Gasteiger partial charge in [0.1, 0.15) is 6.61 Å². The van der Waals surface area contributed by atoms with Crippen LogP contribution in [0.1, 0.15) is 23.2 Å². The fourth-order valence-electron chi connectivity index (χ4n) is 2.46. The van der Waals surface area contributed by atoms with Crippen LogP contribution in [-0.4, -0.2) is 40.7 Å². The first-order valence-corrected chi connectivity index (χ1v) is 11.1. The van der Waals surface area contributed by atoms with Crippen molar-refractivity contribution in [3.05, 3.63) is 52.3 Å². The van der Waals surface area contributed by atoms with Crippen molar-refractivity contribution in [2.75, 3.05) is 25.6 Å². The molecule has 0 unspecified atom stereocenters. The summed E-state index contributed by atoms with van der Waals surface area (Å²) in [6, 6.07) is 8.16. The average molecular weight is 487 g/mol. The monoisotopic (exact) mass is 486 g/mol. The summed E-state index contributed by atoms with van der Waals surface area (Å²) in [4.78, 5) is 12.6. The molecule has 0 bridgehead atoms. The standard InChI is InChI=1S/C19H20BrFN2O5S/c1-27-8-9-28-18-7-4-13(10-17(18)21)22-19(24)15-11-14(5-6-16(15)20)29(25,26)23-12-2-3-12/h4-7,10-12,23H,2-3,8-9H2,1H3,(H,22,24). The second kappa shape index (κ2) is 9.21. The summed E-state index contributed by atoms with van der Waals surface area (Å²) < 4.78 is 52.0. The van der Waals surface area contributed by atoms with Gasteiger partial charge in [0, 0.05) is 29.4 Å². The topological polar surface area (TPSA) is 93.7 Å². The van der Waals surface area contributed by atoms with E-state index >= 15 is 0 Å². The molecule has 2 aromatic carbocycles. The summed E-state index contributed by atoms with van der Waals surface area (Å²) in [5.74, 6) is -1.17. The Bertz CT molecular complexity index is 1010. The maximum atomic E-state index is 14.1. The predicted octanol–water partition coefficient (Wildman–Crippen LogP) is 3.31. The van der Waals surface area contributed by atoms with Gasteiger partial charge in [-0.1, -0.05) is 0 Å². The van der Waals surface area contributed by atoms with E-state index in [2.05, 4.69) is 26.0 Å². The van der Waals surface area contributed by atoms with Crippen LogP contribution >= 0.6 is 15.9 Å². The minimum Gasteiger partial charge on any atom is -0.488 e. The Hall–Kier alpha value is -2.01. The highest BCUT2D eigenvalue weighted by Crippen LogP contribution is 2.26. The van der Waals surface area contributed by atoms with Gasteiger partial charge in [-0.3, -0.25) is 4.79 Å². The highest BCUT2D eigenvalue weighted by Gasteiger charge is 2.28. The molecule has 0 saturated heterocycles. The second-order valence-electron chi connectivity index (χ2n) is 6.48. The zero-order chi connectivity index (χ0) is 21.0. The fraction of sp³-hybridized carbons (Fsp3) is 0.316. The Kier molecular flexibility index (Phi) is 6.89. The number of anilines is 1. The number of carbonyl (C=O) groups excluding carboxylic acids is 1. The lowest BCUT2D eigenvalue weighted by Gasteiger charge is -2.11. The number of carbonyl (C=O) groups is 1. The molecule has 0 atom stereocenters. The number of methoxy groups -OCH3 is 1. The molecule has 3 rings (SSSR count). The van der Waals surface area contributed by atoms with E-state index in [1.165, 1.54) is 37.4 Å². The SMILES string of the molecule is COCCOc1ccc(NC(=O)c2cc(S(=O)(=O)NC3CC3)ccc2Br)cc1F. The van der Waals surface area contributed by atoms with Crippen LogP contribution in [0.4, 0.5) is 10.1 Å². The molecule has 29 heavy (non-hydrogen) atoms. The number of benzene rings is 2. The van der Waals surface area contributed by atoms with Gasteiger partial charge in [-0.2, -0.15) is 0 Å². The molecule has 10 heteroatoms. The third-order valence-corrected chi connectivity index (χ3v) is 6.34. The largest absolute Gasteiger partial charge is 0.488 e. The smallest absolute Gasteiger partial charge is 0.256 e. The Morgan fingerprint density at radius 2 is 1.97 bits per heavy atom. The molecule has 1 fully saturated rings. The molecule has 0 heterocycles. The molecule has 0 radical (unpaired) electrons. The van der Waals surface area contributed by atoms with Crippen LogP contribution in [0.25, 0.3) is 0 Å². The van der Waals surface area contributed by atoms with Crippen LogP contribution in [0.2, 0.25) is 0 Å². The van der Waals surface area contributed by atoms with Gasteiger partial charge >= 0.3 is 0 Å². The summed E-state index contributed by atoms with van der Waals surface area (Å²) in [6.45, 7) is 0.517. The second-order valence-corrected chi connectivity index (χ2v) is 9.05. The first-order chi connectivity index (χ1) is 13.8. The number of halogens is 2. The summed E-state index contributed by atoms with van der Waals surface area (Å²) in [5, 5.41) is 2.56. The normalized spacial score (nSPS) is 13.9. The van der Waals surface area contributed by atoms with Crippen molar-refractivity contribution >= 4 is 37.5 Å². The third-order valence-electron chi connectivity index (χ3n) is 4.13. The molecule has 1 saturated carbocycles. The summed E-state index contributed by atoms with van der Waals surface area (Å²) in [5.41, 5.74) is 0.326. The molecule has 1 aliphatic carbocycles. The van der Waals surface area contributed by atoms with E-state index in [1.54, 1.807) is 0 Å². The Morgan fingerprint density at radius 3 is 2.62 bits per heavy atom. The number of nitrogens with one attached hydrogen (secondary N) is 2. The summed E-state index contributed by atoms with van der Waals surface area (Å²) in [7, 11) is -2.19. The van der Waals surface area contributed by atoms with Crippen LogP contribution in [0.3, 0.4) is 0 Å². The highest BCUT2D eigenvalue weighted by atomic mass is 79.9. The van der Waals surface area contributed by atoms with Crippen LogP contribution in [0.15, 0.2) is 45.8 Å². The highest BCUT2D eigenvalue weighted by molar-refractivity contribution is 9.10. The maximum absolute atomic E-state index is 14.1. The summed E-state index contributed by atoms with van der Waals surface area (Å²) >= 11 is 3.25. The molecule has 156 valence electrons. The lowest BCUT2D eigenvalue weighted by atomic mass is 10.2. The first-order valence-electron chi connectivity index (χ1n) is 8.84. The minimum absolute atomic E-state index is 0.00850. The van der Waals surface area contributed by atoms with Crippen molar-refractivity contribution in [2.45, 2.75) is 23.8 Å². The molecule has 2 N–H and O–H groups in total. The van der Waals surface area contributed by atoms with Crippen LogP contribution in [-0.2, 0) is 14.8 Å². The number of hydrogen-bond acceptors (Lipinski definition) is 5. The molecule has 0 spiro atoms. The van der Waals surface area contributed by atoms with Gasteiger partial charge in [-0.05, 0) is 59.1 Å². The van der Waals surface area contributed by atoms with Gasteiger partial charge in [-0.25, -0.2) is 17.5 Å². The zero-order valence-electron chi connectivity index (χ0n) is 15.6. The Morgan fingerprint density at radius 1 is 1.21 bits per heavy atom. The lowest BCUT2D eigenvalue weighted by Crippen LogP contribution is -2.26. The number of hydrogen-bond donors (Lipinski definition) is 2. The van der Waals surface area contributed by atoms with E-state index in [4.69, 9.17) is 9.47 Å². The molecule has 2 aromatic rings. The maximum Gasteiger partial charge on any atom is 0.256 e. The van der Waals surface area contributed by atoms with Gasteiger partial charge in [0.2, 0.25) is 10.0 Å². The Balaban J connectivity index is 1.75. The van der Waals surface area contributed by atoms with E-state index in [9.17, 15) is 17.6 Å². The van der Waals surface area contributed by atoms with E-state index in [0.717, 1.165) is 18.9 Å². The van der Waals surface area contributed by atoms with Crippen molar-refractivity contribution in [3.8, 4) is 5.75 Å². The number of ether oxygens (including phenoxy) is 2. The molecular weight excluding hydrogens is 467 g/mol. The lowest BCUT2D eigenvalue weighted by molar-refractivity contribution is 0.102. The molecule has 1 amide bonds. The van der Waals surface area contributed by atoms with E-state index < -0.39 is 21.7 Å². The van der Waals surface area contributed by atoms with Gasteiger partial charge in [0.15, 0.2) is 11.6 Å². The van der Waals surface area contributed by atoms with Crippen molar-refractivity contribution in [3.63, 3.8) is 0 Å². The van der Waals surface area contributed by atoms with Gasteiger partial charge in [0.05, 0.1) is 17.1 Å². The predicted molar refractivity (Wildman–Crippen MR) is 109 cm³/mol. The van der Waals surface area contributed by atoms with Crippen molar-refractivity contribution in [2.24, 2.45) is 0 Å². The third kappa shape index (κ3) is 5.75. The molecule has 1 aliphatic rings. The molecule has 0 aliphatic heterocycles. The van der Waals surface area contributed by atoms with Gasteiger partial charge < -0.3 is 14.8 Å². The molecular formula is C19H20BrFN2O5S. The Labute approximate surface area is 176 Å². The molecule has 0 aromatic heterocycles. The van der Waals surface area contributed by atoms with Crippen molar-refractivity contribution in [1.29, 1.82) is 0 Å². The van der Waals surface area contributed by atoms with E-state index in [-0.39, 0.29) is 34.5 Å². The van der Waals surface area contributed by atoms with Crippen LogP contribution in [0.5, 0.6) is 5.75 Å². The minimum atomic E-state index is -3.70. The first kappa shape index (κ1) is 21.7. The molecule has 7 nitrogen and oxygen atoms in total. The average Bonchev–Trinajstić information content (AvgIpc) is 3.47. The van der Waals surface area contributed by atoms with Crippen molar-refractivity contribution in [1.82, 2.24) is 4.72 Å².